The van der Waals surface area contributed by atoms with Crippen molar-refractivity contribution in [3.8, 4) is 22.6 Å². The van der Waals surface area contributed by atoms with Crippen LogP contribution in [0.15, 0.2) is 49.0 Å². The second-order valence-electron chi connectivity index (χ2n) is 3.90. The lowest BCUT2D eigenvalue weighted by Crippen LogP contribution is -1.92. The van der Waals surface area contributed by atoms with Gasteiger partial charge in [0.1, 0.15) is 0 Å². The zero-order valence-corrected chi connectivity index (χ0v) is 9.35. The first-order valence-electron chi connectivity index (χ1n) is 5.49. The second kappa shape index (κ2) is 3.98. The molecule has 0 spiro atoms. The fraction of sp³-hybridized carbons (Fsp3) is 0.0667. The lowest BCUT2D eigenvalue weighted by molar-refractivity contribution is 0.174. The quantitative estimate of drug-likeness (QED) is 0.773. The first kappa shape index (κ1) is 9.97. The molecule has 17 heavy (non-hydrogen) atoms. The number of benzene rings is 2. The van der Waals surface area contributed by atoms with E-state index in [0.717, 1.165) is 28.2 Å². The summed E-state index contributed by atoms with van der Waals surface area (Å²) in [4.78, 5) is 0. The Hall–Kier alpha value is -2.22. The molecule has 0 N–H and O–H groups in total. The number of hydrogen-bond donors (Lipinski definition) is 0. The van der Waals surface area contributed by atoms with Crippen LogP contribution in [-0.4, -0.2) is 6.79 Å². The maximum atomic E-state index is 5.37. The molecule has 0 saturated heterocycles. The van der Waals surface area contributed by atoms with Crippen molar-refractivity contribution in [2.45, 2.75) is 0 Å². The standard InChI is InChI=1S/C15H12O2/c1-2-11-4-3-5-12(8-11)13-6-7-14-15(9-13)17-10-16-14/h2-9H,1,10H2. The lowest BCUT2D eigenvalue weighted by atomic mass is 10.0. The first-order chi connectivity index (χ1) is 8.36. The van der Waals surface area contributed by atoms with E-state index in [0.29, 0.717) is 6.79 Å². The second-order valence-corrected chi connectivity index (χ2v) is 3.90. The molecule has 1 aliphatic rings. The van der Waals surface area contributed by atoms with E-state index in [-0.39, 0.29) is 0 Å². The van der Waals surface area contributed by atoms with Gasteiger partial charge in [0.15, 0.2) is 11.5 Å². The molecule has 0 saturated carbocycles. The first-order valence-corrected chi connectivity index (χ1v) is 5.49. The average molecular weight is 224 g/mol. The Morgan fingerprint density at radius 3 is 2.65 bits per heavy atom. The SMILES string of the molecule is C=Cc1cccc(-c2ccc3c(c2)OCO3)c1. The highest BCUT2D eigenvalue weighted by molar-refractivity contribution is 5.70. The van der Waals surface area contributed by atoms with Crippen molar-refractivity contribution >= 4 is 6.08 Å². The Kier molecular flexibility index (Phi) is 2.33. The zero-order chi connectivity index (χ0) is 11.7. The molecular weight excluding hydrogens is 212 g/mol. The number of fused-ring (bicyclic) bond motifs is 1. The molecule has 1 heterocycles. The summed E-state index contributed by atoms with van der Waals surface area (Å²) in [5.74, 6) is 1.63. The molecule has 2 aromatic carbocycles. The van der Waals surface area contributed by atoms with Crippen LogP contribution >= 0.6 is 0 Å². The molecule has 0 bridgehead atoms. The average Bonchev–Trinajstić information content (AvgIpc) is 2.86. The molecule has 2 nitrogen and oxygen atoms in total. The van der Waals surface area contributed by atoms with Crippen LogP contribution in [0.25, 0.3) is 17.2 Å². The fourth-order valence-electron chi connectivity index (χ4n) is 1.92. The Morgan fingerprint density at radius 1 is 0.941 bits per heavy atom. The fourth-order valence-corrected chi connectivity index (χ4v) is 1.92. The molecule has 3 rings (SSSR count). The Balaban J connectivity index is 2.06. The van der Waals surface area contributed by atoms with Gasteiger partial charge in [-0.1, -0.05) is 36.9 Å². The third kappa shape index (κ3) is 1.78. The van der Waals surface area contributed by atoms with Gasteiger partial charge in [-0.2, -0.15) is 0 Å². The molecule has 0 fully saturated rings. The van der Waals surface area contributed by atoms with E-state index in [1.54, 1.807) is 0 Å². The highest BCUT2D eigenvalue weighted by Crippen LogP contribution is 2.35. The molecule has 0 atom stereocenters. The van der Waals surface area contributed by atoms with Crippen molar-refractivity contribution in [1.82, 2.24) is 0 Å². The van der Waals surface area contributed by atoms with Crippen molar-refractivity contribution in [3.63, 3.8) is 0 Å². The predicted octanol–water partition coefficient (Wildman–Crippen LogP) is 3.73. The minimum absolute atomic E-state index is 0.311. The topological polar surface area (TPSA) is 18.5 Å². The smallest absolute Gasteiger partial charge is 0.231 e. The molecule has 0 unspecified atom stereocenters. The molecule has 0 radical (unpaired) electrons. The summed E-state index contributed by atoms with van der Waals surface area (Å²) in [6, 6.07) is 14.2. The summed E-state index contributed by atoms with van der Waals surface area (Å²) in [7, 11) is 0. The van der Waals surface area contributed by atoms with Crippen molar-refractivity contribution in [2.24, 2.45) is 0 Å². The van der Waals surface area contributed by atoms with E-state index in [2.05, 4.69) is 18.7 Å². The van der Waals surface area contributed by atoms with Crippen LogP contribution < -0.4 is 9.47 Å². The summed E-state index contributed by atoms with van der Waals surface area (Å²) in [5.41, 5.74) is 3.39. The Bertz CT molecular complexity index is 573. The Morgan fingerprint density at radius 2 is 1.76 bits per heavy atom. The van der Waals surface area contributed by atoms with E-state index in [1.165, 1.54) is 0 Å². The normalized spacial score (nSPS) is 12.5. The van der Waals surface area contributed by atoms with Gasteiger partial charge in [-0.15, -0.1) is 0 Å². The summed E-state index contributed by atoms with van der Waals surface area (Å²) in [5, 5.41) is 0. The third-order valence-electron chi connectivity index (χ3n) is 2.83. The lowest BCUT2D eigenvalue weighted by Gasteiger charge is -2.04. The summed E-state index contributed by atoms with van der Waals surface area (Å²) in [6.07, 6.45) is 1.84. The molecule has 84 valence electrons. The van der Waals surface area contributed by atoms with E-state index in [9.17, 15) is 0 Å². The zero-order valence-electron chi connectivity index (χ0n) is 9.35. The maximum Gasteiger partial charge on any atom is 0.231 e. The number of rotatable bonds is 2. The van der Waals surface area contributed by atoms with Crippen molar-refractivity contribution in [3.05, 3.63) is 54.6 Å². The molecule has 2 heteroatoms. The highest BCUT2D eigenvalue weighted by atomic mass is 16.7. The monoisotopic (exact) mass is 224 g/mol. The van der Waals surface area contributed by atoms with Gasteiger partial charge in [0.2, 0.25) is 6.79 Å². The molecule has 2 aromatic rings. The van der Waals surface area contributed by atoms with E-state index in [1.807, 2.05) is 36.4 Å². The van der Waals surface area contributed by atoms with Crippen molar-refractivity contribution in [2.75, 3.05) is 6.79 Å². The highest BCUT2D eigenvalue weighted by Gasteiger charge is 2.13. The molecule has 0 amide bonds. The molecule has 0 aromatic heterocycles. The number of ether oxygens (including phenoxy) is 2. The van der Waals surface area contributed by atoms with Crippen molar-refractivity contribution in [1.29, 1.82) is 0 Å². The summed E-state index contributed by atoms with van der Waals surface area (Å²) < 4.78 is 10.7. The number of hydrogen-bond acceptors (Lipinski definition) is 2. The van der Waals surface area contributed by atoms with Gasteiger partial charge < -0.3 is 9.47 Å². The van der Waals surface area contributed by atoms with Gasteiger partial charge in [0.25, 0.3) is 0 Å². The van der Waals surface area contributed by atoms with Crippen LogP contribution in [0.3, 0.4) is 0 Å². The van der Waals surface area contributed by atoms with E-state index >= 15 is 0 Å². The van der Waals surface area contributed by atoms with Crippen LogP contribution in [0.1, 0.15) is 5.56 Å². The molecule has 1 aliphatic heterocycles. The summed E-state index contributed by atoms with van der Waals surface area (Å²) in [6.45, 7) is 4.09. The van der Waals surface area contributed by atoms with Crippen LogP contribution in [0.2, 0.25) is 0 Å². The van der Waals surface area contributed by atoms with Gasteiger partial charge in [0, 0.05) is 0 Å². The molecule has 0 aliphatic carbocycles. The van der Waals surface area contributed by atoms with Crippen LogP contribution in [-0.2, 0) is 0 Å². The van der Waals surface area contributed by atoms with Crippen LogP contribution in [0, 0.1) is 0 Å². The van der Waals surface area contributed by atoms with E-state index in [4.69, 9.17) is 9.47 Å². The third-order valence-corrected chi connectivity index (χ3v) is 2.83. The predicted molar refractivity (Wildman–Crippen MR) is 68.1 cm³/mol. The van der Waals surface area contributed by atoms with Crippen molar-refractivity contribution < 1.29 is 9.47 Å². The summed E-state index contributed by atoms with van der Waals surface area (Å²) >= 11 is 0. The van der Waals surface area contributed by atoms with Gasteiger partial charge in [0.05, 0.1) is 0 Å². The minimum Gasteiger partial charge on any atom is -0.454 e. The largest absolute Gasteiger partial charge is 0.454 e. The van der Waals surface area contributed by atoms with Gasteiger partial charge in [-0.3, -0.25) is 0 Å². The Labute approximate surface area is 100 Å². The van der Waals surface area contributed by atoms with E-state index < -0.39 is 0 Å². The maximum absolute atomic E-state index is 5.37. The van der Waals surface area contributed by atoms with Crippen LogP contribution in [0.5, 0.6) is 11.5 Å². The van der Waals surface area contributed by atoms with Gasteiger partial charge >= 0.3 is 0 Å². The van der Waals surface area contributed by atoms with Gasteiger partial charge in [-0.25, -0.2) is 0 Å². The minimum atomic E-state index is 0.311. The van der Waals surface area contributed by atoms with Gasteiger partial charge in [-0.05, 0) is 34.9 Å². The van der Waals surface area contributed by atoms with Crippen LogP contribution in [0.4, 0.5) is 0 Å². The molecular formula is C15H12O2.